The molecule has 0 unspecified atom stereocenters. The Morgan fingerprint density at radius 2 is 1.86 bits per heavy atom. The summed E-state index contributed by atoms with van der Waals surface area (Å²) in [5.74, 6) is 0.292. The molecule has 0 aliphatic rings. The van der Waals surface area contributed by atoms with E-state index in [9.17, 15) is 10.1 Å². The second-order valence-electron chi connectivity index (χ2n) is 4.89. The van der Waals surface area contributed by atoms with Crippen molar-refractivity contribution in [2.24, 2.45) is 0 Å². The fraction of sp³-hybridized carbons (Fsp3) is 0.0625. The van der Waals surface area contributed by atoms with Crippen LogP contribution in [-0.2, 0) is 0 Å². The van der Waals surface area contributed by atoms with E-state index in [1.807, 2.05) is 43.3 Å². The first-order valence-corrected chi connectivity index (χ1v) is 6.47. The number of nitrogen functional groups attached to an aromatic ring is 1. The van der Waals surface area contributed by atoms with Crippen LogP contribution in [0, 0.1) is 17.0 Å². The van der Waals surface area contributed by atoms with Crippen molar-refractivity contribution < 1.29 is 4.92 Å². The molecule has 0 aliphatic heterocycles. The molecule has 1 aromatic heterocycles. The summed E-state index contributed by atoms with van der Waals surface area (Å²) >= 11 is 0. The number of hydrogen-bond acceptors (Lipinski definition) is 4. The highest BCUT2D eigenvalue weighted by atomic mass is 16.6. The quantitative estimate of drug-likeness (QED) is 0.572. The van der Waals surface area contributed by atoms with Gasteiger partial charge in [-0.15, -0.1) is 0 Å². The van der Waals surface area contributed by atoms with Crippen LogP contribution in [-0.4, -0.2) is 9.91 Å². The van der Waals surface area contributed by atoms with E-state index in [0.29, 0.717) is 16.9 Å². The Labute approximate surface area is 121 Å². The van der Waals surface area contributed by atoms with Crippen molar-refractivity contribution in [2.45, 2.75) is 6.92 Å². The van der Waals surface area contributed by atoms with Gasteiger partial charge in [0, 0.05) is 17.0 Å². The second kappa shape index (κ2) is 4.86. The number of nitrogens with two attached hydrogens (primary N) is 1. The van der Waals surface area contributed by atoms with Crippen LogP contribution >= 0.6 is 0 Å². The maximum absolute atomic E-state index is 11.3. The highest BCUT2D eigenvalue weighted by Gasteiger charge is 2.18. The Morgan fingerprint density at radius 1 is 1.10 bits per heavy atom. The first-order chi connectivity index (χ1) is 10.1. The van der Waals surface area contributed by atoms with Crippen LogP contribution in [0.15, 0.2) is 48.5 Å². The topological polar surface area (TPSA) is 82.0 Å². The monoisotopic (exact) mass is 279 g/mol. The fourth-order valence-corrected chi connectivity index (χ4v) is 2.37. The molecule has 5 nitrogen and oxygen atoms in total. The van der Waals surface area contributed by atoms with Crippen LogP contribution in [0.25, 0.3) is 22.0 Å². The minimum Gasteiger partial charge on any atom is -0.383 e. The molecule has 21 heavy (non-hydrogen) atoms. The Bertz CT molecular complexity index is 859. The van der Waals surface area contributed by atoms with Crippen LogP contribution in [0.1, 0.15) is 5.56 Å². The van der Waals surface area contributed by atoms with E-state index in [2.05, 4.69) is 4.98 Å². The average Bonchev–Trinajstić information content (AvgIpc) is 2.46. The lowest BCUT2D eigenvalue weighted by atomic mass is 10.0. The molecule has 0 bridgehead atoms. The summed E-state index contributed by atoms with van der Waals surface area (Å²) < 4.78 is 0. The third kappa shape index (κ3) is 2.29. The number of nitro benzene ring substituents is 1. The first kappa shape index (κ1) is 13.1. The van der Waals surface area contributed by atoms with Gasteiger partial charge in [-0.05, 0) is 30.7 Å². The number of aromatic nitrogens is 1. The summed E-state index contributed by atoms with van der Waals surface area (Å²) in [4.78, 5) is 15.2. The number of anilines is 1. The predicted octanol–water partition coefficient (Wildman–Crippen LogP) is 3.70. The van der Waals surface area contributed by atoms with Gasteiger partial charge in [0.15, 0.2) is 0 Å². The predicted molar refractivity (Wildman–Crippen MR) is 83.0 cm³/mol. The largest absolute Gasteiger partial charge is 0.383 e. The Balaban J connectivity index is 2.30. The minimum absolute atomic E-state index is 0.0405. The van der Waals surface area contributed by atoms with Gasteiger partial charge in [-0.2, -0.15) is 0 Å². The zero-order chi connectivity index (χ0) is 15.0. The number of nitro groups is 1. The van der Waals surface area contributed by atoms with Crippen molar-refractivity contribution in [3.63, 3.8) is 0 Å². The first-order valence-electron chi connectivity index (χ1n) is 6.47. The molecule has 0 fully saturated rings. The standard InChI is InChI=1S/C16H13N3O2/c1-10-6-7-12(15(8-10)19(20)21)13-9-11-4-2-3-5-14(11)18-16(13)17/h2-9H,1H3,(H2,17,18). The Kier molecular flexibility index (Phi) is 3.02. The molecule has 0 atom stereocenters. The molecular formula is C16H13N3O2. The summed E-state index contributed by atoms with van der Waals surface area (Å²) in [6.45, 7) is 1.82. The zero-order valence-electron chi connectivity index (χ0n) is 11.4. The van der Waals surface area contributed by atoms with Crippen molar-refractivity contribution in [1.82, 2.24) is 4.98 Å². The zero-order valence-corrected chi connectivity index (χ0v) is 11.4. The molecule has 0 radical (unpaired) electrons. The smallest absolute Gasteiger partial charge is 0.277 e. The van der Waals surface area contributed by atoms with E-state index in [1.165, 1.54) is 0 Å². The lowest BCUT2D eigenvalue weighted by Gasteiger charge is -2.08. The highest BCUT2D eigenvalue weighted by Crippen LogP contribution is 2.35. The number of aryl methyl sites for hydroxylation is 1. The Morgan fingerprint density at radius 3 is 2.62 bits per heavy atom. The number of rotatable bonds is 2. The fourth-order valence-electron chi connectivity index (χ4n) is 2.37. The molecule has 0 saturated carbocycles. The average molecular weight is 279 g/mol. The molecule has 0 spiro atoms. The van der Waals surface area contributed by atoms with Crippen LogP contribution in [0.4, 0.5) is 11.5 Å². The van der Waals surface area contributed by atoms with E-state index < -0.39 is 4.92 Å². The molecule has 5 heteroatoms. The summed E-state index contributed by atoms with van der Waals surface area (Å²) in [7, 11) is 0. The van der Waals surface area contributed by atoms with Crippen LogP contribution in [0.5, 0.6) is 0 Å². The van der Waals surface area contributed by atoms with Crippen molar-refractivity contribution in [1.29, 1.82) is 0 Å². The van der Waals surface area contributed by atoms with Gasteiger partial charge in [0.05, 0.1) is 16.0 Å². The molecule has 3 rings (SSSR count). The molecule has 0 amide bonds. The van der Waals surface area contributed by atoms with Crippen molar-refractivity contribution in [3.05, 3.63) is 64.2 Å². The van der Waals surface area contributed by atoms with E-state index in [0.717, 1.165) is 16.5 Å². The number of hydrogen-bond donors (Lipinski definition) is 1. The molecule has 0 aliphatic carbocycles. The molecule has 104 valence electrons. The highest BCUT2D eigenvalue weighted by molar-refractivity contribution is 5.91. The lowest BCUT2D eigenvalue weighted by molar-refractivity contribution is -0.384. The van der Waals surface area contributed by atoms with Crippen molar-refractivity contribution >= 4 is 22.4 Å². The van der Waals surface area contributed by atoms with Gasteiger partial charge in [0.1, 0.15) is 5.82 Å². The SMILES string of the molecule is Cc1ccc(-c2cc3ccccc3nc2N)c([N+](=O)[O-])c1. The van der Waals surface area contributed by atoms with Crippen LogP contribution in [0.3, 0.4) is 0 Å². The summed E-state index contributed by atoms with van der Waals surface area (Å²) in [5.41, 5.74) is 8.71. The third-order valence-electron chi connectivity index (χ3n) is 3.39. The van der Waals surface area contributed by atoms with Gasteiger partial charge >= 0.3 is 0 Å². The molecule has 2 aromatic carbocycles. The number of fused-ring (bicyclic) bond motifs is 1. The van der Waals surface area contributed by atoms with Gasteiger partial charge < -0.3 is 5.73 Å². The summed E-state index contributed by atoms with van der Waals surface area (Å²) in [6, 6.07) is 14.5. The number of nitrogens with zero attached hydrogens (tertiary/aromatic N) is 2. The Hall–Kier alpha value is -2.95. The van der Waals surface area contributed by atoms with E-state index in [-0.39, 0.29) is 5.69 Å². The lowest BCUT2D eigenvalue weighted by Crippen LogP contribution is -1.98. The molecule has 1 heterocycles. The minimum atomic E-state index is -0.392. The molecule has 3 aromatic rings. The molecule has 2 N–H and O–H groups in total. The van der Waals surface area contributed by atoms with Gasteiger partial charge in [-0.3, -0.25) is 10.1 Å². The maximum Gasteiger partial charge on any atom is 0.277 e. The molecular weight excluding hydrogens is 266 g/mol. The summed E-state index contributed by atoms with van der Waals surface area (Å²) in [6.07, 6.45) is 0. The van der Waals surface area contributed by atoms with E-state index in [4.69, 9.17) is 5.73 Å². The third-order valence-corrected chi connectivity index (χ3v) is 3.39. The van der Waals surface area contributed by atoms with Crippen LogP contribution in [0.2, 0.25) is 0 Å². The van der Waals surface area contributed by atoms with Crippen molar-refractivity contribution in [2.75, 3.05) is 5.73 Å². The van der Waals surface area contributed by atoms with Gasteiger partial charge in [-0.1, -0.05) is 24.3 Å². The van der Waals surface area contributed by atoms with Gasteiger partial charge in [0.25, 0.3) is 5.69 Å². The number of para-hydroxylation sites is 1. The normalized spacial score (nSPS) is 10.7. The molecule has 0 saturated heterocycles. The van der Waals surface area contributed by atoms with Gasteiger partial charge in [-0.25, -0.2) is 4.98 Å². The number of pyridine rings is 1. The van der Waals surface area contributed by atoms with E-state index in [1.54, 1.807) is 12.1 Å². The summed E-state index contributed by atoms with van der Waals surface area (Å²) in [5, 5.41) is 12.2. The van der Waals surface area contributed by atoms with E-state index >= 15 is 0 Å². The second-order valence-corrected chi connectivity index (χ2v) is 4.89. The van der Waals surface area contributed by atoms with Crippen LogP contribution < -0.4 is 5.73 Å². The van der Waals surface area contributed by atoms with Crippen molar-refractivity contribution in [3.8, 4) is 11.1 Å². The van der Waals surface area contributed by atoms with Gasteiger partial charge in [0.2, 0.25) is 0 Å². The maximum atomic E-state index is 11.3. The number of benzene rings is 2.